The smallest absolute Gasteiger partial charge is 0.338 e. The van der Waals surface area contributed by atoms with E-state index in [-0.39, 0.29) is 22.4 Å². The van der Waals surface area contributed by atoms with Crippen molar-refractivity contribution in [1.29, 1.82) is 0 Å². The van der Waals surface area contributed by atoms with Gasteiger partial charge in [0.2, 0.25) is 10.0 Å². The lowest BCUT2D eigenvalue weighted by Gasteiger charge is -2.53. The van der Waals surface area contributed by atoms with Crippen molar-refractivity contribution in [3.63, 3.8) is 0 Å². The van der Waals surface area contributed by atoms with E-state index >= 15 is 0 Å². The van der Waals surface area contributed by atoms with Crippen molar-refractivity contribution in [2.45, 2.75) is 62.9 Å². The van der Waals surface area contributed by atoms with E-state index in [2.05, 4.69) is 6.92 Å². The molecule has 0 saturated heterocycles. The zero-order valence-corrected chi connectivity index (χ0v) is 18.8. The van der Waals surface area contributed by atoms with Crippen molar-refractivity contribution < 1.29 is 22.7 Å². The number of primary sulfonamides is 1. The van der Waals surface area contributed by atoms with Crippen LogP contribution in [-0.2, 0) is 19.5 Å². The number of allylic oxidation sites excluding steroid dienone is 1. The molecule has 168 valence electrons. The molecule has 0 radical (unpaired) electrons. The summed E-state index contributed by atoms with van der Waals surface area (Å²) in [6, 6.07) is 5.68. The van der Waals surface area contributed by atoms with Crippen LogP contribution in [0.5, 0.6) is 0 Å². The number of hydrogen-bond donors (Lipinski definition) is 1. The molecule has 1 heterocycles. The van der Waals surface area contributed by atoms with Gasteiger partial charge in [-0.2, -0.15) is 0 Å². The van der Waals surface area contributed by atoms with Crippen LogP contribution in [-0.4, -0.2) is 27.1 Å². The summed E-state index contributed by atoms with van der Waals surface area (Å²) in [6.45, 7) is 3.15. The summed E-state index contributed by atoms with van der Waals surface area (Å²) in [5.41, 5.74) is 1.90. The molecule has 2 N–H and O–H groups in total. The number of ether oxygens (including phenoxy) is 2. The van der Waals surface area contributed by atoms with Gasteiger partial charge in [0.25, 0.3) is 0 Å². The lowest BCUT2D eigenvalue weighted by atomic mass is 9.53. The maximum Gasteiger partial charge on any atom is 0.338 e. The summed E-state index contributed by atoms with van der Waals surface area (Å²) in [4.78, 5) is 12.8. The first kappa shape index (κ1) is 21.0. The molecule has 1 aromatic carbocycles. The van der Waals surface area contributed by atoms with E-state index < -0.39 is 10.0 Å². The van der Waals surface area contributed by atoms with E-state index in [1.807, 2.05) is 6.26 Å². The highest BCUT2D eigenvalue weighted by Gasteiger charge is 2.57. The van der Waals surface area contributed by atoms with Crippen molar-refractivity contribution in [2.24, 2.45) is 34.2 Å². The fraction of sp³-hybridized carbons (Fsp3) is 0.625. The van der Waals surface area contributed by atoms with Crippen LogP contribution in [0.3, 0.4) is 0 Å². The topological polar surface area (TPSA) is 95.7 Å². The Labute approximate surface area is 184 Å². The van der Waals surface area contributed by atoms with Gasteiger partial charge in [0.05, 0.1) is 23.3 Å². The minimum Gasteiger partial charge on any atom is -0.501 e. The van der Waals surface area contributed by atoms with Gasteiger partial charge < -0.3 is 9.47 Å². The second-order valence-corrected chi connectivity index (χ2v) is 11.6. The molecule has 0 amide bonds. The van der Waals surface area contributed by atoms with Gasteiger partial charge in [-0.3, -0.25) is 0 Å². The highest BCUT2D eigenvalue weighted by atomic mass is 32.2. The Hall–Kier alpha value is -1.86. The first-order valence-corrected chi connectivity index (χ1v) is 13.0. The molecule has 0 aromatic heterocycles. The van der Waals surface area contributed by atoms with Crippen LogP contribution in [0, 0.1) is 29.1 Å². The Balaban J connectivity index is 1.30. The van der Waals surface area contributed by atoms with Gasteiger partial charge in [0.1, 0.15) is 6.10 Å². The quantitative estimate of drug-likeness (QED) is 0.709. The van der Waals surface area contributed by atoms with Gasteiger partial charge in [-0.1, -0.05) is 6.92 Å². The van der Waals surface area contributed by atoms with Gasteiger partial charge >= 0.3 is 5.97 Å². The van der Waals surface area contributed by atoms with Gasteiger partial charge in [-0.15, -0.1) is 0 Å². The molecule has 4 aliphatic rings. The van der Waals surface area contributed by atoms with Crippen LogP contribution in [0.4, 0.5) is 0 Å². The number of benzene rings is 1. The van der Waals surface area contributed by atoms with E-state index in [1.165, 1.54) is 42.7 Å². The Kier molecular flexibility index (Phi) is 5.17. The van der Waals surface area contributed by atoms with E-state index in [4.69, 9.17) is 14.6 Å². The number of esters is 1. The molecular weight excluding hydrogens is 414 g/mol. The van der Waals surface area contributed by atoms with Crippen LogP contribution in [0.2, 0.25) is 0 Å². The number of nitrogens with two attached hydrogens (primary N) is 1. The van der Waals surface area contributed by atoms with Crippen LogP contribution in [0.15, 0.2) is 41.0 Å². The van der Waals surface area contributed by atoms with Crippen LogP contribution in [0.1, 0.15) is 62.2 Å². The van der Waals surface area contributed by atoms with E-state index in [1.54, 1.807) is 0 Å². The molecule has 1 aliphatic heterocycles. The Morgan fingerprint density at radius 2 is 1.87 bits per heavy atom. The van der Waals surface area contributed by atoms with Gasteiger partial charge in [0, 0.05) is 5.41 Å². The zero-order chi connectivity index (χ0) is 21.8. The summed E-state index contributed by atoms with van der Waals surface area (Å²) < 4.78 is 34.5. The summed E-state index contributed by atoms with van der Waals surface area (Å²) in [6.07, 6.45) is 9.73. The molecule has 5 rings (SSSR count). The predicted molar refractivity (Wildman–Crippen MR) is 115 cm³/mol. The SMILES string of the molecule is C[C@]12CCC3C4CCOC=C4CCC3C1CC[C@@H]2OC(=O)c1ccc(S(N)(=O)=O)cc1. The maximum absolute atomic E-state index is 12.8. The second kappa shape index (κ2) is 7.62. The molecule has 0 spiro atoms. The number of sulfonamides is 1. The molecule has 0 bridgehead atoms. The minimum absolute atomic E-state index is 0.00547. The molecule has 3 aliphatic carbocycles. The van der Waals surface area contributed by atoms with Crippen molar-refractivity contribution in [2.75, 3.05) is 6.61 Å². The van der Waals surface area contributed by atoms with Crippen LogP contribution in [0.25, 0.3) is 0 Å². The van der Waals surface area contributed by atoms with Crippen molar-refractivity contribution in [1.82, 2.24) is 0 Å². The minimum atomic E-state index is -3.78. The first-order chi connectivity index (χ1) is 14.8. The Morgan fingerprint density at radius 1 is 1.10 bits per heavy atom. The molecule has 3 fully saturated rings. The number of carbonyl (C=O) groups is 1. The molecule has 6 atom stereocenters. The average Bonchev–Trinajstić information content (AvgIpc) is 3.09. The van der Waals surface area contributed by atoms with E-state index in [0.717, 1.165) is 44.6 Å². The standard InChI is InChI=1S/C24H31NO5S/c1-24-12-10-19-18-11-13-29-14-16(18)4-7-20(19)21(24)8-9-22(24)30-23(26)15-2-5-17(6-3-15)31(25,27)28/h2-3,5-6,14,18-22H,4,7-13H2,1H3,(H2,25,27,28)/t18?,19?,20?,21?,22-,24-/m0/s1. The van der Waals surface area contributed by atoms with Gasteiger partial charge in [-0.05, 0) is 98.5 Å². The third-order valence-corrected chi connectivity index (χ3v) is 9.54. The third-order valence-electron chi connectivity index (χ3n) is 8.61. The van der Waals surface area contributed by atoms with Gasteiger partial charge in [0.15, 0.2) is 0 Å². The van der Waals surface area contributed by atoms with Gasteiger partial charge in [-0.25, -0.2) is 18.4 Å². The summed E-state index contributed by atoms with van der Waals surface area (Å²) >= 11 is 0. The van der Waals surface area contributed by atoms with Crippen molar-refractivity contribution >= 4 is 16.0 Å². The second-order valence-electron chi connectivity index (χ2n) is 10.0. The highest BCUT2D eigenvalue weighted by molar-refractivity contribution is 7.89. The molecule has 1 aromatic rings. The Morgan fingerprint density at radius 3 is 2.61 bits per heavy atom. The monoisotopic (exact) mass is 445 g/mol. The summed E-state index contributed by atoms with van der Waals surface area (Å²) in [7, 11) is -3.78. The van der Waals surface area contributed by atoms with Crippen LogP contribution < -0.4 is 5.14 Å². The predicted octanol–water partition coefficient (Wildman–Crippen LogP) is 4.02. The molecule has 4 unspecified atom stereocenters. The maximum atomic E-state index is 12.8. The molecule has 7 heteroatoms. The average molecular weight is 446 g/mol. The molecule has 3 saturated carbocycles. The van der Waals surface area contributed by atoms with Crippen LogP contribution >= 0.6 is 0 Å². The zero-order valence-electron chi connectivity index (χ0n) is 18.0. The molecule has 6 nitrogen and oxygen atoms in total. The summed E-state index contributed by atoms with van der Waals surface area (Å²) in [5, 5.41) is 5.15. The highest BCUT2D eigenvalue weighted by Crippen LogP contribution is 2.62. The lowest BCUT2D eigenvalue weighted by molar-refractivity contribution is -0.0667. The van der Waals surface area contributed by atoms with Crippen molar-refractivity contribution in [3.8, 4) is 0 Å². The normalized spacial score (nSPS) is 37.0. The fourth-order valence-electron chi connectivity index (χ4n) is 7.06. The number of hydrogen-bond acceptors (Lipinski definition) is 5. The number of rotatable bonds is 3. The summed E-state index contributed by atoms with van der Waals surface area (Å²) in [5.74, 6) is 2.33. The first-order valence-electron chi connectivity index (χ1n) is 11.4. The third kappa shape index (κ3) is 3.59. The van der Waals surface area contributed by atoms with E-state index in [0.29, 0.717) is 23.3 Å². The number of carbonyl (C=O) groups excluding carboxylic acids is 1. The number of fused-ring (bicyclic) bond motifs is 5. The fourth-order valence-corrected chi connectivity index (χ4v) is 7.57. The molecule has 31 heavy (non-hydrogen) atoms. The largest absolute Gasteiger partial charge is 0.501 e. The molecular formula is C24H31NO5S. The lowest BCUT2D eigenvalue weighted by Crippen LogP contribution is -2.48. The van der Waals surface area contributed by atoms with Crippen molar-refractivity contribution in [3.05, 3.63) is 41.7 Å². The Bertz CT molecular complexity index is 1000. The van der Waals surface area contributed by atoms with E-state index in [9.17, 15) is 13.2 Å².